The first-order valence-corrected chi connectivity index (χ1v) is 11.4. The molecule has 1 atom stereocenters. The minimum atomic E-state index is -4.71. The van der Waals surface area contributed by atoms with E-state index in [1.807, 2.05) is 0 Å². The van der Waals surface area contributed by atoms with Gasteiger partial charge < -0.3 is 15.8 Å². The number of nitrogens with zero attached hydrogens (tertiary/aromatic N) is 1. The second-order valence-electron chi connectivity index (χ2n) is 8.70. The number of amides is 1. The largest absolute Gasteiger partial charge is 0.465 e. The fourth-order valence-corrected chi connectivity index (χ4v) is 4.34. The van der Waals surface area contributed by atoms with Crippen molar-refractivity contribution in [2.75, 3.05) is 12.8 Å². The van der Waals surface area contributed by atoms with Crippen LogP contribution in [-0.2, 0) is 22.1 Å². The highest BCUT2D eigenvalue weighted by Crippen LogP contribution is 2.35. The first-order valence-electron chi connectivity index (χ1n) is 11.4. The number of hydrogen-bond donors (Lipinski definition) is 2. The van der Waals surface area contributed by atoms with Crippen molar-refractivity contribution in [2.45, 2.75) is 57.2 Å². The number of nitrogen functional groups attached to an aromatic ring is 1. The first-order chi connectivity index (χ1) is 16.6. The van der Waals surface area contributed by atoms with E-state index in [0.717, 1.165) is 44.2 Å². The van der Waals surface area contributed by atoms with Gasteiger partial charge in [0.05, 0.1) is 42.0 Å². The summed E-state index contributed by atoms with van der Waals surface area (Å²) in [6, 6.07) is 5.21. The number of carbonyl (C=O) groups is 3. The zero-order valence-corrected chi connectivity index (χ0v) is 19.4. The predicted octanol–water partition coefficient (Wildman–Crippen LogP) is 4.35. The molecule has 0 saturated heterocycles. The summed E-state index contributed by atoms with van der Waals surface area (Å²) in [5.74, 6) is -1.51. The highest BCUT2D eigenvalue weighted by atomic mass is 19.4. The monoisotopic (exact) mass is 491 g/mol. The van der Waals surface area contributed by atoms with E-state index in [1.54, 1.807) is 0 Å². The quantitative estimate of drug-likeness (QED) is 0.420. The van der Waals surface area contributed by atoms with Crippen LogP contribution in [0.1, 0.15) is 70.5 Å². The molecule has 10 heteroatoms. The Morgan fingerprint density at radius 3 is 2.46 bits per heavy atom. The molecule has 1 aromatic carbocycles. The van der Waals surface area contributed by atoms with E-state index in [0.29, 0.717) is 12.1 Å². The van der Waals surface area contributed by atoms with Crippen LogP contribution in [0.25, 0.3) is 0 Å². The molecular formula is C25H28F3N3O4. The number of anilines is 1. The van der Waals surface area contributed by atoms with Gasteiger partial charge in [-0.15, -0.1) is 0 Å². The molecule has 3 rings (SSSR count). The van der Waals surface area contributed by atoms with Crippen LogP contribution in [0.3, 0.4) is 0 Å². The molecule has 1 fully saturated rings. The number of alkyl halides is 3. The van der Waals surface area contributed by atoms with Gasteiger partial charge in [0.1, 0.15) is 0 Å². The maximum atomic E-state index is 13.2. The van der Waals surface area contributed by atoms with E-state index < -0.39 is 35.3 Å². The number of rotatable bonds is 8. The number of ketones is 1. The zero-order valence-electron chi connectivity index (χ0n) is 19.4. The molecule has 35 heavy (non-hydrogen) atoms. The standard InChI is InChI=1S/C25H28F3N3O4/c1-35-24(34)16-10-11-17(30-14-16)13-21(32)20(12-15-6-3-2-4-7-15)31-23(33)18-8-5-9-19(22(18)29)25(26,27)28/h5,8-11,14-15,20H,2-4,6-7,12-13,29H2,1H3,(H,31,33). The summed E-state index contributed by atoms with van der Waals surface area (Å²) in [5, 5.41) is 2.62. The fourth-order valence-electron chi connectivity index (χ4n) is 4.34. The van der Waals surface area contributed by atoms with Gasteiger partial charge in [0, 0.05) is 11.9 Å². The molecule has 1 amide bonds. The Kier molecular flexibility index (Phi) is 8.48. The van der Waals surface area contributed by atoms with E-state index in [2.05, 4.69) is 15.0 Å². The van der Waals surface area contributed by atoms with Crippen LogP contribution in [0, 0.1) is 5.92 Å². The smallest absolute Gasteiger partial charge is 0.418 e. The number of benzene rings is 1. The number of methoxy groups -OCH3 is 1. The summed E-state index contributed by atoms with van der Waals surface area (Å²) < 4.78 is 44.3. The van der Waals surface area contributed by atoms with Gasteiger partial charge in [-0.25, -0.2) is 4.79 Å². The number of hydrogen-bond acceptors (Lipinski definition) is 6. The lowest BCUT2D eigenvalue weighted by molar-refractivity contribution is -0.137. The SMILES string of the molecule is COC(=O)c1ccc(CC(=O)C(CC2CCCCC2)NC(=O)c2cccc(C(F)(F)F)c2N)nc1. The molecule has 1 aliphatic carbocycles. The van der Waals surface area contributed by atoms with Gasteiger partial charge in [-0.2, -0.15) is 13.2 Å². The Balaban J connectivity index is 1.79. The van der Waals surface area contributed by atoms with Crippen LogP contribution >= 0.6 is 0 Å². The number of ether oxygens (including phenoxy) is 1. The Labute approximate surface area is 201 Å². The first kappa shape index (κ1) is 26.2. The summed E-state index contributed by atoms with van der Waals surface area (Å²) in [7, 11) is 1.25. The number of carbonyl (C=O) groups excluding carboxylic acids is 3. The van der Waals surface area contributed by atoms with Crippen LogP contribution in [0.5, 0.6) is 0 Å². The van der Waals surface area contributed by atoms with Crippen LogP contribution in [0.4, 0.5) is 18.9 Å². The third-order valence-corrected chi connectivity index (χ3v) is 6.25. The zero-order chi connectivity index (χ0) is 25.6. The third-order valence-electron chi connectivity index (χ3n) is 6.25. The average Bonchev–Trinajstić information content (AvgIpc) is 2.83. The molecule has 2 aromatic rings. The van der Waals surface area contributed by atoms with Crippen molar-refractivity contribution < 1.29 is 32.3 Å². The number of Topliss-reactive ketones (excluding diaryl/α,β-unsaturated/α-hetero) is 1. The minimum Gasteiger partial charge on any atom is -0.465 e. The van der Waals surface area contributed by atoms with E-state index in [-0.39, 0.29) is 29.2 Å². The second kappa shape index (κ2) is 11.3. The Hall–Kier alpha value is -3.43. The van der Waals surface area contributed by atoms with Crippen LogP contribution in [0.2, 0.25) is 0 Å². The van der Waals surface area contributed by atoms with Crippen molar-refractivity contribution in [3.8, 4) is 0 Å². The molecular weight excluding hydrogens is 463 g/mol. The van der Waals surface area contributed by atoms with Crippen molar-refractivity contribution in [1.82, 2.24) is 10.3 Å². The maximum Gasteiger partial charge on any atom is 0.418 e. The van der Waals surface area contributed by atoms with E-state index in [9.17, 15) is 27.6 Å². The molecule has 7 nitrogen and oxygen atoms in total. The highest BCUT2D eigenvalue weighted by molar-refractivity contribution is 6.02. The molecule has 0 aliphatic heterocycles. The predicted molar refractivity (Wildman–Crippen MR) is 123 cm³/mol. The van der Waals surface area contributed by atoms with Crippen LogP contribution < -0.4 is 11.1 Å². The lowest BCUT2D eigenvalue weighted by Gasteiger charge is -2.27. The highest BCUT2D eigenvalue weighted by Gasteiger charge is 2.35. The average molecular weight is 492 g/mol. The van der Waals surface area contributed by atoms with Crippen molar-refractivity contribution in [3.63, 3.8) is 0 Å². The van der Waals surface area contributed by atoms with E-state index in [4.69, 9.17) is 5.73 Å². The van der Waals surface area contributed by atoms with Gasteiger partial charge in [0.25, 0.3) is 5.91 Å². The molecule has 3 N–H and O–H groups in total. The number of nitrogens with two attached hydrogens (primary N) is 1. The minimum absolute atomic E-state index is 0.114. The van der Waals surface area contributed by atoms with Crippen molar-refractivity contribution >= 4 is 23.3 Å². The van der Waals surface area contributed by atoms with Crippen molar-refractivity contribution in [1.29, 1.82) is 0 Å². The van der Waals surface area contributed by atoms with Gasteiger partial charge in [0.15, 0.2) is 5.78 Å². The number of aromatic nitrogens is 1. The van der Waals surface area contributed by atoms with Crippen molar-refractivity contribution in [2.24, 2.45) is 5.92 Å². The number of pyridine rings is 1. The van der Waals surface area contributed by atoms with Gasteiger partial charge in [0.2, 0.25) is 0 Å². The van der Waals surface area contributed by atoms with Crippen LogP contribution in [0.15, 0.2) is 36.5 Å². The Bertz CT molecular complexity index is 1060. The normalized spacial score (nSPS) is 15.3. The maximum absolute atomic E-state index is 13.2. The Morgan fingerprint density at radius 2 is 1.86 bits per heavy atom. The van der Waals surface area contributed by atoms with E-state index >= 15 is 0 Å². The van der Waals surface area contributed by atoms with Crippen molar-refractivity contribution in [3.05, 3.63) is 58.9 Å². The molecule has 0 spiro atoms. The molecule has 1 unspecified atom stereocenters. The van der Waals surface area contributed by atoms with E-state index in [1.165, 1.54) is 31.5 Å². The topological polar surface area (TPSA) is 111 Å². The third kappa shape index (κ3) is 6.80. The molecule has 0 radical (unpaired) electrons. The second-order valence-corrected chi connectivity index (χ2v) is 8.70. The fraction of sp³-hybridized carbons (Fsp3) is 0.440. The summed E-state index contributed by atoms with van der Waals surface area (Å²) in [6.45, 7) is 0. The van der Waals surface area contributed by atoms with Gasteiger partial charge in [-0.3, -0.25) is 14.6 Å². The van der Waals surface area contributed by atoms with Crippen LogP contribution in [-0.4, -0.2) is 35.8 Å². The summed E-state index contributed by atoms with van der Waals surface area (Å²) in [4.78, 5) is 41.8. The molecule has 188 valence electrons. The van der Waals surface area contributed by atoms with Gasteiger partial charge >= 0.3 is 12.1 Å². The summed E-state index contributed by atoms with van der Waals surface area (Å²) in [5.41, 5.74) is 4.18. The molecule has 1 aliphatic rings. The van der Waals surface area contributed by atoms with Gasteiger partial charge in [-0.05, 0) is 36.6 Å². The summed E-state index contributed by atoms with van der Waals surface area (Å²) >= 11 is 0. The van der Waals surface area contributed by atoms with Gasteiger partial charge in [-0.1, -0.05) is 38.2 Å². The molecule has 0 bridgehead atoms. The number of halogens is 3. The summed E-state index contributed by atoms with van der Waals surface area (Å²) in [6.07, 6.45) is 1.84. The number of nitrogens with one attached hydrogen (secondary N) is 1. The lowest BCUT2D eigenvalue weighted by Crippen LogP contribution is -2.43. The number of para-hydroxylation sites is 1. The molecule has 1 aromatic heterocycles. The number of esters is 1. The Morgan fingerprint density at radius 1 is 1.14 bits per heavy atom. The molecule has 1 heterocycles. The lowest BCUT2D eigenvalue weighted by atomic mass is 9.83. The molecule has 1 saturated carbocycles.